The summed E-state index contributed by atoms with van der Waals surface area (Å²) in [5, 5.41) is 2.92. The lowest BCUT2D eigenvalue weighted by Gasteiger charge is -2.24. The molecule has 0 saturated carbocycles. The van der Waals surface area contributed by atoms with Gasteiger partial charge in [-0.2, -0.15) is 0 Å². The highest BCUT2D eigenvalue weighted by Gasteiger charge is 2.16. The van der Waals surface area contributed by atoms with Gasteiger partial charge in [0.2, 0.25) is 0 Å². The number of ether oxygens (including phenoxy) is 1. The van der Waals surface area contributed by atoms with E-state index < -0.39 is 0 Å². The second kappa shape index (κ2) is 8.65. The minimum atomic E-state index is -0.162. The van der Waals surface area contributed by atoms with Crippen LogP contribution in [0.15, 0.2) is 34.9 Å². The van der Waals surface area contributed by atoms with Crippen molar-refractivity contribution >= 4 is 39.9 Å². The lowest BCUT2D eigenvalue weighted by atomic mass is 10.1. The number of hydrogen-bond donors (Lipinski definition) is 1. The summed E-state index contributed by atoms with van der Waals surface area (Å²) in [7, 11) is 2.09. The molecule has 1 amide bonds. The quantitative estimate of drug-likeness (QED) is 0.805. The summed E-state index contributed by atoms with van der Waals surface area (Å²) in [6.45, 7) is 4.39. The molecule has 3 rings (SSSR count). The van der Waals surface area contributed by atoms with Crippen molar-refractivity contribution in [2.75, 3.05) is 25.5 Å². The van der Waals surface area contributed by atoms with Crippen LogP contribution in [0.3, 0.4) is 0 Å². The number of pyridine rings is 1. The van der Waals surface area contributed by atoms with Gasteiger partial charge in [0.25, 0.3) is 5.91 Å². The summed E-state index contributed by atoms with van der Waals surface area (Å²) in [5.41, 5.74) is 3.59. The smallest absolute Gasteiger partial charge is 0.255 e. The summed E-state index contributed by atoms with van der Waals surface area (Å²) in [6.07, 6.45) is 2.68. The first-order valence-electron chi connectivity index (χ1n) is 7.97. The van der Waals surface area contributed by atoms with Crippen molar-refractivity contribution in [1.82, 2.24) is 9.88 Å². The van der Waals surface area contributed by atoms with Gasteiger partial charge in [-0.3, -0.25) is 9.78 Å². The van der Waals surface area contributed by atoms with Crippen LogP contribution in [0.25, 0.3) is 0 Å². The second-order valence-electron chi connectivity index (χ2n) is 5.85. The minimum absolute atomic E-state index is 0. The van der Waals surface area contributed by atoms with Crippen molar-refractivity contribution in [2.45, 2.75) is 19.9 Å². The zero-order valence-corrected chi connectivity index (χ0v) is 16.6. The fraction of sp³-hybridized carbons (Fsp3) is 0.333. The molecule has 2 heterocycles. The molecule has 5 nitrogen and oxygen atoms in total. The SMILES string of the molecule is CCOc1ccc(C(=O)Nc2cnc3c(c2)CN(C)CC3)cc1Br.Cl. The molecule has 1 aliphatic rings. The van der Waals surface area contributed by atoms with Crippen molar-refractivity contribution < 1.29 is 9.53 Å². The average Bonchev–Trinajstić information content (AvgIpc) is 2.56. The van der Waals surface area contributed by atoms with Crippen LogP contribution in [-0.2, 0) is 13.0 Å². The molecule has 0 spiro atoms. The Hall–Kier alpha value is -1.63. The van der Waals surface area contributed by atoms with E-state index in [0.29, 0.717) is 12.2 Å². The lowest BCUT2D eigenvalue weighted by Crippen LogP contribution is -2.27. The van der Waals surface area contributed by atoms with E-state index in [1.807, 2.05) is 13.0 Å². The zero-order chi connectivity index (χ0) is 17.1. The third kappa shape index (κ3) is 4.71. The number of halogens is 2. The van der Waals surface area contributed by atoms with Crippen molar-refractivity contribution in [3.05, 3.63) is 51.8 Å². The van der Waals surface area contributed by atoms with E-state index in [1.54, 1.807) is 24.4 Å². The van der Waals surface area contributed by atoms with Crippen LogP contribution in [0.1, 0.15) is 28.5 Å². The van der Waals surface area contributed by atoms with Crippen LogP contribution >= 0.6 is 28.3 Å². The number of likely N-dealkylation sites (N-methyl/N-ethyl adjacent to an activating group) is 1. The van der Waals surface area contributed by atoms with E-state index >= 15 is 0 Å². The Morgan fingerprint density at radius 1 is 1.40 bits per heavy atom. The highest BCUT2D eigenvalue weighted by atomic mass is 79.9. The Kier molecular flexibility index (Phi) is 6.81. The molecule has 2 aromatic rings. The van der Waals surface area contributed by atoms with Gasteiger partial charge in [0.15, 0.2) is 0 Å². The number of carbonyl (C=O) groups is 1. The predicted octanol–water partition coefficient (Wildman–Crippen LogP) is 3.90. The number of benzene rings is 1. The van der Waals surface area contributed by atoms with E-state index in [1.165, 1.54) is 5.56 Å². The fourth-order valence-corrected chi connectivity index (χ4v) is 3.25. The summed E-state index contributed by atoms with van der Waals surface area (Å²) >= 11 is 3.43. The molecule has 1 aromatic carbocycles. The number of nitrogens with one attached hydrogen (secondary N) is 1. The van der Waals surface area contributed by atoms with E-state index in [2.05, 4.69) is 38.2 Å². The summed E-state index contributed by atoms with van der Waals surface area (Å²) in [5.74, 6) is 0.567. The van der Waals surface area contributed by atoms with Gasteiger partial charge in [-0.1, -0.05) is 0 Å². The second-order valence-corrected chi connectivity index (χ2v) is 6.70. The van der Waals surface area contributed by atoms with Crippen molar-refractivity contribution in [2.24, 2.45) is 0 Å². The van der Waals surface area contributed by atoms with Crippen LogP contribution in [0, 0.1) is 0 Å². The molecule has 7 heteroatoms. The minimum Gasteiger partial charge on any atom is -0.493 e. The Morgan fingerprint density at radius 2 is 2.20 bits per heavy atom. The van der Waals surface area contributed by atoms with Gasteiger partial charge in [-0.25, -0.2) is 0 Å². The number of amides is 1. The van der Waals surface area contributed by atoms with Crippen LogP contribution < -0.4 is 10.1 Å². The maximum Gasteiger partial charge on any atom is 0.255 e. The third-order valence-electron chi connectivity index (χ3n) is 3.98. The van der Waals surface area contributed by atoms with E-state index in [-0.39, 0.29) is 18.3 Å². The van der Waals surface area contributed by atoms with E-state index in [4.69, 9.17) is 4.74 Å². The lowest BCUT2D eigenvalue weighted by molar-refractivity contribution is 0.102. The van der Waals surface area contributed by atoms with Crippen LogP contribution in [0.4, 0.5) is 5.69 Å². The number of rotatable bonds is 4. The van der Waals surface area contributed by atoms with Gasteiger partial charge in [-0.15, -0.1) is 12.4 Å². The normalized spacial score (nSPS) is 13.6. The number of carbonyl (C=O) groups excluding carboxylic acids is 1. The maximum atomic E-state index is 12.5. The monoisotopic (exact) mass is 425 g/mol. The number of nitrogens with zero attached hydrogens (tertiary/aromatic N) is 2. The molecule has 0 atom stereocenters. The summed E-state index contributed by atoms with van der Waals surface area (Å²) in [4.78, 5) is 19.2. The Balaban J connectivity index is 0.00000225. The molecule has 134 valence electrons. The van der Waals surface area contributed by atoms with Gasteiger partial charge in [-0.05, 0) is 59.7 Å². The fourth-order valence-electron chi connectivity index (χ4n) is 2.75. The molecule has 0 bridgehead atoms. The summed E-state index contributed by atoms with van der Waals surface area (Å²) in [6, 6.07) is 7.33. The molecule has 0 radical (unpaired) electrons. The maximum absolute atomic E-state index is 12.5. The van der Waals surface area contributed by atoms with Crippen molar-refractivity contribution in [3.8, 4) is 5.75 Å². The van der Waals surface area contributed by atoms with Gasteiger partial charge in [0.1, 0.15) is 5.75 Å². The van der Waals surface area contributed by atoms with Crippen LogP contribution in [-0.4, -0.2) is 36.0 Å². The number of hydrogen-bond acceptors (Lipinski definition) is 4. The molecular weight excluding hydrogens is 406 g/mol. The van der Waals surface area contributed by atoms with Gasteiger partial charge in [0.05, 0.1) is 23.0 Å². The number of fused-ring (bicyclic) bond motifs is 1. The van der Waals surface area contributed by atoms with Gasteiger partial charge < -0.3 is 15.0 Å². The molecular formula is C18H21BrClN3O2. The topological polar surface area (TPSA) is 54.5 Å². The largest absolute Gasteiger partial charge is 0.493 e. The first-order valence-corrected chi connectivity index (χ1v) is 8.76. The third-order valence-corrected chi connectivity index (χ3v) is 4.60. The molecule has 0 aliphatic carbocycles. The van der Waals surface area contributed by atoms with Crippen molar-refractivity contribution in [1.29, 1.82) is 0 Å². The number of anilines is 1. The Morgan fingerprint density at radius 3 is 2.92 bits per heavy atom. The van der Waals surface area contributed by atoms with Crippen LogP contribution in [0.5, 0.6) is 5.75 Å². The highest BCUT2D eigenvalue weighted by molar-refractivity contribution is 9.10. The molecule has 1 aliphatic heterocycles. The van der Waals surface area contributed by atoms with Crippen molar-refractivity contribution in [3.63, 3.8) is 0 Å². The molecule has 1 N–H and O–H groups in total. The first kappa shape index (κ1) is 19.7. The van der Waals surface area contributed by atoms with E-state index in [9.17, 15) is 4.79 Å². The molecule has 25 heavy (non-hydrogen) atoms. The standard InChI is InChI=1S/C18H20BrN3O2.ClH/c1-3-24-17-5-4-12(9-15(17)19)18(23)21-14-8-13-11-22(2)7-6-16(13)20-10-14;/h4-5,8-10H,3,6-7,11H2,1-2H3,(H,21,23);1H. The van der Waals surface area contributed by atoms with E-state index in [0.717, 1.165) is 41.1 Å². The van der Waals surface area contributed by atoms with Gasteiger partial charge >= 0.3 is 0 Å². The average molecular weight is 427 g/mol. The summed E-state index contributed by atoms with van der Waals surface area (Å²) < 4.78 is 6.23. The Bertz CT molecular complexity index is 770. The molecule has 0 fully saturated rings. The predicted molar refractivity (Wildman–Crippen MR) is 105 cm³/mol. The molecule has 1 aromatic heterocycles. The first-order chi connectivity index (χ1) is 11.6. The Labute approximate surface area is 162 Å². The van der Waals surface area contributed by atoms with Gasteiger partial charge in [0, 0.05) is 30.8 Å². The zero-order valence-electron chi connectivity index (χ0n) is 14.2. The number of aromatic nitrogens is 1. The van der Waals surface area contributed by atoms with Crippen LogP contribution in [0.2, 0.25) is 0 Å². The highest BCUT2D eigenvalue weighted by Crippen LogP contribution is 2.26. The molecule has 0 unspecified atom stereocenters. The molecule has 0 saturated heterocycles.